The number of ether oxygens (including phenoxy) is 4. The average molecular weight is 348 g/mol. The van der Waals surface area contributed by atoms with Gasteiger partial charge in [0.25, 0.3) is 0 Å². The number of esters is 3. The predicted octanol–water partition coefficient (Wildman–Crippen LogP) is 0.900. The first-order valence-corrected chi connectivity index (χ1v) is 8.80. The number of fused-ring (bicyclic) bond motifs is 2. The molecule has 7 nitrogen and oxygen atoms in total. The molecule has 0 aromatic rings. The SMILES string of the molecule is COC(=O)CC1OC(=O)C=C2C3CCCC4(C)C(=O)OC(C34)C3OC213. The van der Waals surface area contributed by atoms with Gasteiger partial charge in [0, 0.05) is 12.0 Å². The van der Waals surface area contributed by atoms with Crippen molar-refractivity contribution >= 4 is 17.9 Å². The van der Waals surface area contributed by atoms with Gasteiger partial charge in [0.2, 0.25) is 0 Å². The second-order valence-electron chi connectivity index (χ2n) is 7.95. The third-order valence-corrected chi connectivity index (χ3v) is 6.87. The van der Waals surface area contributed by atoms with Gasteiger partial charge in [-0.25, -0.2) is 4.79 Å². The lowest BCUT2D eigenvalue weighted by Crippen LogP contribution is -2.55. The van der Waals surface area contributed by atoms with Crippen molar-refractivity contribution in [2.24, 2.45) is 17.3 Å². The smallest absolute Gasteiger partial charge is 0.331 e. The first kappa shape index (κ1) is 15.4. The van der Waals surface area contributed by atoms with E-state index in [1.807, 2.05) is 6.92 Å². The Labute approximate surface area is 144 Å². The van der Waals surface area contributed by atoms with Gasteiger partial charge >= 0.3 is 17.9 Å². The van der Waals surface area contributed by atoms with E-state index in [9.17, 15) is 14.4 Å². The number of hydrogen-bond donors (Lipinski definition) is 0. The highest BCUT2D eigenvalue weighted by Crippen LogP contribution is 2.68. The minimum Gasteiger partial charge on any atom is -0.469 e. The van der Waals surface area contributed by atoms with Gasteiger partial charge in [0.05, 0.1) is 18.9 Å². The molecule has 4 fully saturated rings. The number of methoxy groups -OCH3 is 1. The molecule has 7 atom stereocenters. The summed E-state index contributed by atoms with van der Waals surface area (Å²) in [5.41, 5.74) is -0.476. The Morgan fingerprint density at radius 1 is 1.36 bits per heavy atom. The van der Waals surface area contributed by atoms with E-state index in [2.05, 4.69) is 0 Å². The van der Waals surface area contributed by atoms with E-state index < -0.39 is 29.1 Å². The zero-order chi connectivity index (χ0) is 17.6. The van der Waals surface area contributed by atoms with E-state index in [0.717, 1.165) is 24.8 Å². The van der Waals surface area contributed by atoms with Gasteiger partial charge < -0.3 is 18.9 Å². The first-order chi connectivity index (χ1) is 11.9. The Balaban J connectivity index is 1.59. The van der Waals surface area contributed by atoms with Crippen LogP contribution >= 0.6 is 0 Å². The van der Waals surface area contributed by atoms with Crippen LogP contribution in [-0.4, -0.2) is 48.9 Å². The van der Waals surface area contributed by atoms with Crippen LogP contribution in [0.4, 0.5) is 0 Å². The molecule has 7 heteroatoms. The van der Waals surface area contributed by atoms with Gasteiger partial charge in [-0.1, -0.05) is 6.42 Å². The molecule has 0 radical (unpaired) electrons. The maximum absolute atomic E-state index is 12.5. The van der Waals surface area contributed by atoms with E-state index in [4.69, 9.17) is 18.9 Å². The number of cyclic esters (lactones) is 1. The molecule has 2 saturated heterocycles. The fourth-order valence-electron chi connectivity index (χ4n) is 5.73. The van der Waals surface area contributed by atoms with Crippen molar-refractivity contribution in [2.45, 2.75) is 56.5 Å². The molecule has 0 N–H and O–H groups in total. The van der Waals surface area contributed by atoms with Gasteiger partial charge in [0.1, 0.15) is 18.3 Å². The average Bonchev–Trinajstić information content (AvgIpc) is 3.26. The fourth-order valence-corrected chi connectivity index (χ4v) is 5.73. The lowest BCUT2D eigenvalue weighted by molar-refractivity contribution is -0.156. The first-order valence-electron chi connectivity index (χ1n) is 8.80. The Hall–Kier alpha value is -1.89. The monoisotopic (exact) mass is 348 g/mol. The molecule has 0 bridgehead atoms. The van der Waals surface area contributed by atoms with Crippen LogP contribution in [0.15, 0.2) is 11.6 Å². The summed E-state index contributed by atoms with van der Waals surface area (Å²) in [5, 5.41) is 0. The maximum Gasteiger partial charge on any atom is 0.331 e. The molecule has 2 aliphatic carbocycles. The summed E-state index contributed by atoms with van der Waals surface area (Å²) in [4.78, 5) is 36.5. The van der Waals surface area contributed by atoms with Crippen molar-refractivity contribution in [2.75, 3.05) is 7.11 Å². The largest absolute Gasteiger partial charge is 0.469 e. The molecule has 3 aliphatic heterocycles. The van der Waals surface area contributed by atoms with Crippen molar-refractivity contribution in [3.8, 4) is 0 Å². The molecule has 2 saturated carbocycles. The molecule has 0 aromatic heterocycles. The number of hydrogen-bond acceptors (Lipinski definition) is 7. The Kier molecular flexibility index (Phi) is 2.85. The van der Waals surface area contributed by atoms with E-state index in [1.165, 1.54) is 13.2 Å². The van der Waals surface area contributed by atoms with Gasteiger partial charge in [-0.3, -0.25) is 9.59 Å². The van der Waals surface area contributed by atoms with Gasteiger partial charge in [-0.2, -0.15) is 0 Å². The Morgan fingerprint density at radius 3 is 2.92 bits per heavy atom. The molecular formula is C18H20O7. The molecule has 5 aliphatic rings. The number of carbonyl (C=O) groups excluding carboxylic acids is 3. The number of carbonyl (C=O) groups is 3. The van der Waals surface area contributed by atoms with Crippen LogP contribution < -0.4 is 0 Å². The zero-order valence-corrected chi connectivity index (χ0v) is 14.2. The topological polar surface area (TPSA) is 91.4 Å². The molecule has 7 unspecified atom stereocenters. The molecule has 5 rings (SSSR count). The predicted molar refractivity (Wildman–Crippen MR) is 81.0 cm³/mol. The standard InChI is InChI=1S/C18H20O7/c1-17-5-3-4-8-9-6-12(20)23-10(7-11(19)22-2)18(9)15(25-18)14(13(8)17)24-16(17)21/h6,8,10,13-15H,3-5,7H2,1-2H3. The van der Waals surface area contributed by atoms with E-state index in [-0.39, 0.29) is 36.4 Å². The summed E-state index contributed by atoms with van der Waals surface area (Å²) in [6.07, 6.45) is 2.61. The minimum absolute atomic E-state index is 0.0188. The van der Waals surface area contributed by atoms with Gasteiger partial charge in [0.15, 0.2) is 5.60 Å². The number of epoxide rings is 1. The Bertz CT molecular complexity index is 727. The summed E-state index contributed by atoms with van der Waals surface area (Å²) in [5.74, 6) is -1.03. The van der Waals surface area contributed by atoms with Crippen LogP contribution in [0, 0.1) is 17.3 Å². The third kappa shape index (κ3) is 1.72. The zero-order valence-electron chi connectivity index (χ0n) is 14.2. The summed E-state index contributed by atoms with van der Waals surface area (Å²) >= 11 is 0. The van der Waals surface area contributed by atoms with Crippen molar-refractivity contribution in [3.05, 3.63) is 11.6 Å². The van der Waals surface area contributed by atoms with E-state index >= 15 is 0 Å². The summed E-state index contributed by atoms with van der Waals surface area (Å²) in [6, 6.07) is 0. The summed E-state index contributed by atoms with van der Waals surface area (Å²) < 4.78 is 22.0. The lowest BCUT2D eigenvalue weighted by atomic mass is 9.54. The highest BCUT2D eigenvalue weighted by molar-refractivity contribution is 5.87. The highest BCUT2D eigenvalue weighted by atomic mass is 16.7. The maximum atomic E-state index is 12.5. The molecule has 0 amide bonds. The van der Waals surface area contributed by atoms with Crippen molar-refractivity contribution < 1.29 is 33.3 Å². The Morgan fingerprint density at radius 2 is 2.16 bits per heavy atom. The molecule has 3 heterocycles. The highest BCUT2D eigenvalue weighted by Gasteiger charge is 2.80. The number of rotatable bonds is 2. The minimum atomic E-state index is -0.837. The molecular weight excluding hydrogens is 328 g/mol. The van der Waals surface area contributed by atoms with Crippen molar-refractivity contribution in [1.29, 1.82) is 0 Å². The van der Waals surface area contributed by atoms with Crippen LogP contribution in [0.25, 0.3) is 0 Å². The third-order valence-electron chi connectivity index (χ3n) is 6.87. The molecule has 1 spiro atoms. The fraction of sp³-hybridized carbons (Fsp3) is 0.722. The van der Waals surface area contributed by atoms with E-state index in [0.29, 0.717) is 0 Å². The molecule has 134 valence electrons. The van der Waals surface area contributed by atoms with E-state index in [1.54, 1.807) is 0 Å². The van der Waals surface area contributed by atoms with Crippen LogP contribution in [0.2, 0.25) is 0 Å². The summed E-state index contributed by atoms with van der Waals surface area (Å²) in [6.45, 7) is 1.97. The second-order valence-corrected chi connectivity index (χ2v) is 7.95. The lowest BCUT2D eigenvalue weighted by Gasteiger charge is -2.46. The quantitative estimate of drug-likeness (QED) is 0.416. The van der Waals surface area contributed by atoms with Crippen LogP contribution in [-0.2, 0) is 33.3 Å². The van der Waals surface area contributed by atoms with Crippen LogP contribution in [0.3, 0.4) is 0 Å². The molecule has 0 aromatic carbocycles. The van der Waals surface area contributed by atoms with Gasteiger partial charge in [-0.05, 0) is 31.3 Å². The van der Waals surface area contributed by atoms with Gasteiger partial charge in [-0.15, -0.1) is 0 Å². The normalized spacial score (nSPS) is 49.0. The van der Waals surface area contributed by atoms with Crippen molar-refractivity contribution in [1.82, 2.24) is 0 Å². The second kappa shape index (κ2) is 4.63. The molecule has 25 heavy (non-hydrogen) atoms. The van der Waals surface area contributed by atoms with Crippen molar-refractivity contribution in [3.63, 3.8) is 0 Å². The summed E-state index contributed by atoms with van der Waals surface area (Å²) in [7, 11) is 1.30. The van der Waals surface area contributed by atoms with Crippen LogP contribution in [0.5, 0.6) is 0 Å². The van der Waals surface area contributed by atoms with Crippen LogP contribution in [0.1, 0.15) is 32.6 Å².